The van der Waals surface area contributed by atoms with Gasteiger partial charge in [-0.15, -0.1) is 0 Å². The van der Waals surface area contributed by atoms with Crippen molar-refractivity contribution in [1.82, 2.24) is 13.9 Å². The van der Waals surface area contributed by atoms with E-state index in [2.05, 4.69) is 5.32 Å². The largest absolute Gasteiger partial charge is 0.351 e. The van der Waals surface area contributed by atoms with Gasteiger partial charge in [0.05, 0.1) is 10.6 Å². The van der Waals surface area contributed by atoms with E-state index < -0.39 is 26.0 Å². The number of nitrogens with zero attached hydrogens (tertiary/aromatic N) is 2. The van der Waals surface area contributed by atoms with Crippen LogP contribution in [-0.4, -0.2) is 70.8 Å². The fraction of sp³-hybridized carbons (Fsp3) is 0.533. The van der Waals surface area contributed by atoms with Gasteiger partial charge in [0.2, 0.25) is 20.0 Å². The summed E-state index contributed by atoms with van der Waals surface area (Å²) in [5.74, 6) is -0.586. The summed E-state index contributed by atoms with van der Waals surface area (Å²) in [6.45, 7) is 1.09. The Kier molecular flexibility index (Phi) is 6.20. The number of sulfonamides is 2. The molecule has 1 saturated heterocycles. The van der Waals surface area contributed by atoms with Gasteiger partial charge in [-0.2, -0.15) is 0 Å². The number of carbonyl (C=O) groups is 1. The highest BCUT2D eigenvalue weighted by Gasteiger charge is 2.25. The van der Waals surface area contributed by atoms with Crippen LogP contribution in [0.3, 0.4) is 0 Å². The summed E-state index contributed by atoms with van der Waals surface area (Å²) >= 11 is 0. The van der Waals surface area contributed by atoms with Crippen molar-refractivity contribution in [3.63, 3.8) is 0 Å². The first kappa shape index (κ1) is 19.8. The maximum absolute atomic E-state index is 12.1. The Morgan fingerprint density at radius 2 is 1.64 bits per heavy atom. The molecule has 0 bridgehead atoms. The monoisotopic (exact) mass is 389 g/mol. The lowest BCUT2D eigenvalue weighted by Gasteiger charge is -2.15. The summed E-state index contributed by atoms with van der Waals surface area (Å²) in [6.07, 6.45) is 1.74. The lowest BCUT2D eigenvalue weighted by atomic mass is 10.2. The fourth-order valence-corrected chi connectivity index (χ4v) is 4.81. The highest BCUT2D eigenvalue weighted by atomic mass is 32.2. The maximum Gasteiger partial charge on any atom is 0.251 e. The minimum atomic E-state index is -3.55. The molecule has 1 heterocycles. The Balaban J connectivity index is 1.93. The third-order valence-electron chi connectivity index (χ3n) is 4.00. The van der Waals surface area contributed by atoms with Crippen molar-refractivity contribution in [3.05, 3.63) is 29.8 Å². The van der Waals surface area contributed by atoms with Gasteiger partial charge in [0.15, 0.2) is 0 Å². The van der Waals surface area contributed by atoms with Gasteiger partial charge in [0.25, 0.3) is 5.91 Å². The predicted molar refractivity (Wildman–Crippen MR) is 94.2 cm³/mol. The van der Waals surface area contributed by atoms with E-state index in [0.29, 0.717) is 13.1 Å². The van der Waals surface area contributed by atoms with E-state index in [1.807, 2.05) is 0 Å². The zero-order valence-corrected chi connectivity index (χ0v) is 15.9. The van der Waals surface area contributed by atoms with Crippen LogP contribution in [0.5, 0.6) is 0 Å². The van der Waals surface area contributed by atoms with E-state index in [1.165, 1.54) is 42.7 Å². The molecule has 0 saturated carbocycles. The average molecular weight is 389 g/mol. The molecule has 140 valence electrons. The molecule has 0 spiro atoms. The van der Waals surface area contributed by atoms with Gasteiger partial charge in [-0.25, -0.2) is 25.4 Å². The average Bonchev–Trinajstić information content (AvgIpc) is 3.10. The standard InChI is InChI=1S/C15H23N3O5S2/c1-17(2)25(22,23)14-7-5-13(6-8-14)15(19)16-9-12-24(20,21)18-10-3-4-11-18/h5-8H,3-4,9-12H2,1-2H3,(H,16,19). The van der Waals surface area contributed by atoms with Crippen molar-refractivity contribution in [3.8, 4) is 0 Å². The Morgan fingerprint density at radius 1 is 1.08 bits per heavy atom. The third-order valence-corrected chi connectivity index (χ3v) is 7.70. The number of hydrogen-bond acceptors (Lipinski definition) is 5. The van der Waals surface area contributed by atoms with Crippen molar-refractivity contribution < 1.29 is 21.6 Å². The fourth-order valence-electron chi connectivity index (χ4n) is 2.48. The number of benzene rings is 1. The highest BCUT2D eigenvalue weighted by Crippen LogP contribution is 2.14. The molecule has 0 unspecified atom stereocenters. The Labute approximate surface area is 148 Å². The minimum absolute atomic E-state index is 0.00934. The van der Waals surface area contributed by atoms with Gasteiger partial charge in [-0.1, -0.05) is 0 Å². The van der Waals surface area contributed by atoms with E-state index >= 15 is 0 Å². The van der Waals surface area contributed by atoms with Crippen LogP contribution in [0, 0.1) is 0 Å². The molecule has 10 heteroatoms. The highest BCUT2D eigenvalue weighted by molar-refractivity contribution is 7.89. The molecule has 0 atom stereocenters. The van der Waals surface area contributed by atoms with Crippen molar-refractivity contribution in [2.45, 2.75) is 17.7 Å². The van der Waals surface area contributed by atoms with E-state index in [1.54, 1.807) is 0 Å². The second-order valence-corrected chi connectivity index (χ2v) is 10.2. The summed E-state index contributed by atoms with van der Waals surface area (Å²) in [5, 5.41) is 2.55. The van der Waals surface area contributed by atoms with Gasteiger partial charge in [0.1, 0.15) is 0 Å². The normalized spacial score (nSPS) is 16.3. The van der Waals surface area contributed by atoms with Crippen molar-refractivity contribution in [2.24, 2.45) is 0 Å². The Morgan fingerprint density at radius 3 is 2.16 bits per heavy atom. The van der Waals surface area contributed by atoms with Gasteiger partial charge in [-0.3, -0.25) is 4.79 Å². The van der Waals surface area contributed by atoms with Crippen molar-refractivity contribution >= 4 is 26.0 Å². The number of hydrogen-bond donors (Lipinski definition) is 1. The molecule has 1 N–H and O–H groups in total. The van der Waals surface area contributed by atoms with Crippen molar-refractivity contribution in [1.29, 1.82) is 0 Å². The van der Waals surface area contributed by atoms with Crippen molar-refractivity contribution in [2.75, 3.05) is 39.5 Å². The second-order valence-electron chi connectivity index (χ2n) is 5.99. The molecule has 0 aliphatic carbocycles. The number of nitrogens with one attached hydrogen (secondary N) is 1. The van der Waals surface area contributed by atoms with Gasteiger partial charge in [-0.05, 0) is 37.1 Å². The summed E-state index contributed by atoms with van der Waals surface area (Å²) in [6, 6.07) is 5.51. The molecule has 1 amide bonds. The molecule has 2 rings (SSSR count). The third kappa shape index (κ3) is 4.78. The van der Waals surface area contributed by atoms with E-state index in [-0.39, 0.29) is 22.8 Å². The zero-order chi connectivity index (χ0) is 18.7. The molecule has 1 aliphatic rings. The quantitative estimate of drug-likeness (QED) is 0.712. The molecule has 25 heavy (non-hydrogen) atoms. The van der Waals surface area contributed by atoms with Crippen LogP contribution in [0.2, 0.25) is 0 Å². The number of rotatable bonds is 7. The lowest BCUT2D eigenvalue weighted by molar-refractivity contribution is 0.0956. The zero-order valence-electron chi connectivity index (χ0n) is 14.3. The van der Waals surface area contributed by atoms with Crippen LogP contribution >= 0.6 is 0 Å². The first-order chi connectivity index (χ1) is 11.6. The molecule has 1 aromatic rings. The smallest absolute Gasteiger partial charge is 0.251 e. The predicted octanol–water partition coefficient (Wildman–Crippen LogP) is 0.0923. The molecule has 1 aliphatic heterocycles. The SMILES string of the molecule is CN(C)S(=O)(=O)c1ccc(C(=O)NCCS(=O)(=O)N2CCCC2)cc1. The maximum atomic E-state index is 12.1. The van der Waals surface area contributed by atoms with E-state index in [4.69, 9.17) is 0 Å². The summed E-state index contributed by atoms with van der Waals surface area (Å²) in [5.41, 5.74) is 0.274. The molecular formula is C15H23N3O5S2. The summed E-state index contributed by atoms with van der Waals surface area (Å²) in [4.78, 5) is 12.2. The van der Waals surface area contributed by atoms with Crippen LogP contribution < -0.4 is 5.32 Å². The Hall–Kier alpha value is -1.49. The van der Waals surface area contributed by atoms with E-state index in [0.717, 1.165) is 17.1 Å². The van der Waals surface area contributed by atoms with Crippen LogP contribution in [0.15, 0.2) is 29.2 Å². The molecular weight excluding hydrogens is 366 g/mol. The molecule has 1 aromatic carbocycles. The van der Waals surface area contributed by atoms with Gasteiger partial charge >= 0.3 is 0 Å². The van der Waals surface area contributed by atoms with Crippen LogP contribution in [0.1, 0.15) is 23.2 Å². The second kappa shape index (κ2) is 7.81. The minimum Gasteiger partial charge on any atom is -0.351 e. The Bertz CT molecular complexity index is 811. The lowest BCUT2D eigenvalue weighted by Crippen LogP contribution is -2.36. The number of carbonyl (C=O) groups excluding carboxylic acids is 1. The topological polar surface area (TPSA) is 104 Å². The van der Waals surface area contributed by atoms with E-state index in [9.17, 15) is 21.6 Å². The number of amides is 1. The van der Waals surface area contributed by atoms with Crippen LogP contribution in [0.25, 0.3) is 0 Å². The van der Waals surface area contributed by atoms with Crippen LogP contribution in [-0.2, 0) is 20.0 Å². The van der Waals surface area contributed by atoms with Gasteiger partial charge in [0, 0.05) is 39.3 Å². The van der Waals surface area contributed by atoms with Crippen LogP contribution in [0.4, 0.5) is 0 Å². The summed E-state index contributed by atoms with van der Waals surface area (Å²) in [7, 11) is -4.03. The molecule has 8 nitrogen and oxygen atoms in total. The first-order valence-electron chi connectivity index (χ1n) is 7.93. The molecule has 1 fully saturated rings. The first-order valence-corrected chi connectivity index (χ1v) is 11.0. The molecule has 0 radical (unpaired) electrons. The molecule has 0 aromatic heterocycles. The summed E-state index contributed by atoms with van der Waals surface area (Å²) < 4.78 is 50.6. The van der Waals surface area contributed by atoms with Gasteiger partial charge < -0.3 is 5.32 Å².